The number of nitrogens with one attached hydrogen (secondary N) is 1. The van der Waals surface area contributed by atoms with Crippen LogP contribution in [0.1, 0.15) is 5.56 Å². The smallest absolute Gasteiger partial charge is 0.267 e. The second-order valence-corrected chi connectivity index (χ2v) is 5.93. The standard InChI is InChI=1S/C19H21N5O4/c1-27-15-5-4-14(12-16(15)28-2)8-10-20-18(25)13-24-19(26)7-6-17(22-24)23-11-3-9-21-23/h3-7,9,11-12H,8,10,13H2,1-2H3,(H,20,25). The van der Waals surface area contributed by atoms with E-state index in [0.717, 1.165) is 10.2 Å². The van der Waals surface area contributed by atoms with Crippen molar-refractivity contribution in [1.29, 1.82) is 0 Å². The summed E-state index contributed by atoms with van der Waals surface area (Å²) in [5.74, 6) is 1.45. The van der Waals surface area contributed by atoms with E-state index in [1.807, 2.05) is 18.2 Å². The number of rotatable bonds is 8. The number of hydrogen-bond donors (Lipinski definition) is 1. The highest BCUT2D eigenvalue weighted by Gasteiger charge is 2.09. The Bertz CT molecular complexity index is 998. The minimum Gasteiger partial charge on any atom is -0.493 e. The van der Waals surface area contributed by atoms with Gasteiger partial charge in [-0.1, -0.05) is 6.07 Å². The van der Waals surface area contributed by atoms with Crippen molar-refractivity contribution in [3.8, 4) is 17.3 Å². The highest BCUT2D eigenvalue weighted by Crippen LogP contribution is 2.27. The zero-order chi connectivity index (χ0) is 19.9. The van der Waals surface area contributed by atoms with Crippen molar-refractivity contribution in [2.45, 2.75) is 13.0 Å². The zero-order valence-corrected chi connectivity index (χ0v) is 15.7. The lowest BCUT2D eigenvalue weighted by molar-refractivity contribution is -0.121. The Morgan fingerprint density at radius 3 is 2.68 bits per heavy atom. The molecule has 0 fully saturated rings. The molecule has 28 heavy (non-hydrogen) atoms. The maximum atomic E-state index is 12.2. The molecule has 0 saturated carbocycles. The molecule has 0 atom stereocenters. The van der Waals surface area contributed by atoms with Crippen LogP contribution in [0.4, 0.5) is 0 Å². The van der Waals surface area contributed by atoms with Gasteiger partial charge in [0, 0.05) is 25.0 Å². The maximum Gasteiger partial charge on any atom is 0.267 e. The van der Waals surface area contributed by atoms with Crippen LogP contribution >= 0.6 is 0 Å². The SMILES string of the molecule is COc1ccc(CCNC(=O)Cn2nc(-n3cccn3)ccc2=O)cc1OC. The quantitative estimate of drug-likeness (QED) is 0.618. The fraction of sp³-hybridized carbons (Fsp3) is 0.263. The molecule has 0 bridgehead atoms. The van der Waals surface area contributed by atoms with Crippen molar-refractivity contribution in [3.63, 3.8) is 0 Å². The minimum absolute atomic E-state index is 0.167. The van der Waals surface area contributed by atoms with Crippen LogP contribution in [0.2, 0.25) is 0 Å². The molecule has 0 radical (unpaired) electrons. The maximum absolute atomic E-state index is 12.2. The second kappa shape index (κ2) is 8.85. The van der Waals surface area contributed by atoms with Crippen molar-refractivity contribution in [2.75, 3.05) is 20.8 Å². The van der Waals surface area contributed by atoms with E-state index in [1.54, 1.807) is 38.7 Å². The molecular weight excluding hydrogens is 362 g/mol. The van der Waals surface area contributed by atoms with Gasteiger partial charge >= 0.3 is 0 Å². The predicted molar refractivity (Wildman–Crippen MR) is 102 cm³/mol. The van der Waals surface area contributed by atoms with E-state index < -0.39 is 0 Å². The monoisotopic (exact) mass is 383 g/mol. The van der Waals surface area contributed by atoms with Crippen LogP contribution in [0.15, 0.2) is 53.6 Å². The van der Waals surface area contributed by atoms with Crippen molar-refractivity contribution < 1.29 is 14.3 Å². The first kappa shape index (κ1) is 19.2. The Hall–Kier alpha value is -3.62. The van der Waals surface area contributed by atoms with Gasteiger partial charge in [-0.05, 0) is 36.2 Å². The first-order chi connectivity index (χ1) is 13.6. The van der Waals surface area contributed by atoms with E-state index in [-0.39, 0.29) is 18.0 Å². The number of ether oxygens (including phenoxy) is 2. The Labute approximate surface area is 161 Å². The molecule has 0 aliphatic carbocycles. The molecule has 0 aliphatic rings. The number of hydrogen-bond acceptors (Lipinski definition) is 6. The highest BCUT2D eigenvalue weighted by molar-refractivity contribution is 5.75. The van der Waals surface area contributed by atoms with Crippen LogP contribution in [-0.2, 0) is 17.8 Å². The minimum atomic E-state index is -0.356. The van der Waals surface area contributed by atoms with Crippen molar-refractivity contribution >= 4 is 5.91 Å². The summed E-state index contributed by atoms with van der Waals surface area (Å²) in [6.45, 7) is 0.252. The van der Waals surface area contributed by atoms with Gasteiger partial charge in [-0.2, -0.15) is 5.10 Å². The number of carbonyl (C=O) groups is 1. The molecule has 0 saturated heterocycles. The predicted octanol–water partition coefficient (Wildman–Crippen LogP) is 0.805. The fourth-order valence-corrected chi connectivity index (χ4v) is 2.65. The Kier molecular flexibility index (Phi) is 6.05. The van der Waals surface area contributed by atoms with Gasteiger partial charge in [-0.3, -0.25) is 9.59 Å². The molecular formula is C19H21N5O4. The van der Waals surface area contributed by atoms with Gasteiger partial charge in [0.2, 0.25) is 5.91 Å². The van der Waals surface area contributed by atoms with Gasteiger partial charge in [0.15, 0.2) is 17.3 Å². The van der Waals surface area contributed by atoms with Crippen molar-refractivity contribution in [1.82, 2.24) is 24.9 Å². The molecule has 3 aromatic rings. The molecule has 2 aromatic heterocycles. The van der Waals surface area contributed by atoms with Crippen LogP contribution < -0.4 is 20.3 Å². The highest BCUT2D eigenvalue weighted by atomic mass is 16.5. The van der Waals surface area contributed by atoms with Crippen LogP contribution in [0.25, 0.3) is 5.82 Å². The average Bonchev–Trinajstić information content (AvgIpc) is 3.24. The summed E-state index contributed by atoms with van der Waals surface area (Å²) in [6, 6.07) is 10.3. The van der Waals surface area contributed by atoms with Crippen molar-refractivity contribution in [3.05, 3.63) is 64.7 Å². The van der Waals surface area contributed by atoms with Gasteiger partial charge in [0.1, 0.15) is 6.54 Å². The number of aromatic nitrogens is 4. The Morgan fingerprint density at radius 2 is 1.96 bits per heavy atom. The third kappa shape index (κ3) is 4.56. The number of nitrogens with zero attached hydrogens (tertiary/aromatic N) is 4. The molecule has 3 rings (SSSR count). The van der Waals surface area contributed by atoms with E-state index in [1.165, 1.54) is 10.7 Å². The Morgan fingerprint density at radius 1 is 1.14 bits per heavy atom. The molecule has 1 amide bonds. The molecule has 0 unspecified atom stereocenters. The fourth-order valence-electron chi connectivity index (χ4n) is 2.65. The summed E-state index contributed by atoms with van der Waals surface area (Å²) < 4.78 is 13.1. The molecule has 0 aliphatic heterocycles. The third-order valence-corrected chi connectivity index (χ3v) is 4.07. The van der Waals surface area contributed by atoms with E-state index >= 15 is 0 Å². The summed E-state index contributed by atoms with van der Waals surface area (Å²) in [6.07, 6.45) is 3.93. The summed E-state index contributed by atoms with van der Waals surface area (Å²) in [4.78, 5) is 24.2. The summed E-state index contributed by atoms with van der Waals surface area (Å²) in [7, 11) is 3.15. The zero-order valence-electron chi connectivity index (χ0n) is 15.7. The number of carbonyl (C=O) groups excluding carboxylic acids is 1. The van der Waals surface area contributed by atoms with Crippen LogP contribution in [0.3, 0.4) is 0 Å². The first-order valence-corrected chi connectivity index (χ1v) is 8.66. The topological polar surface area (TPSA) is 100 Å². The lowest BCUT2D eigenvalue weighted by Crippen LogP contribution is -2.34. The molecule has 146 valence electrons. The Balaban J connectivity index is 1.58. The molecule has 0 spiro atoms. The molecule has 1 N–H and O–H groups in total. The van der Waals surface area contributed by atoms with Crippen molar-refractivity contribution in [2.24, 2.45) is 0 Å². The molecule has 2 heterocycles. The van der Waals surface area contributed by atoms with Gasteiger partial charge in [-0.25, -0.2) is 9.36 Å². The average molecular weight is 383 g/mol. The van der Waals surface area contributed by atoms with Crippen LogP contribution in [0.5, 0.6) is 11.5 Å². The molecule has 9 heteroatoms. The molecule has 9 nitrogen and oxygen atoms in total. The lowest BCUT2D eigenvalue weighted by atomic mass is 10.1. The van der Waals surface area contributed by atoms with Gasteiger partial charge in [0.25, 0.3) is 5.56 Å². The number of benzene rings is 1. The first-order valence-electron chi connectivity index (χ1n) is 8.66. The van der Waals surface area contributed by atoms with Crippen LogP contribution in [-0.4, -0.2) is 46.2 Å². The largest absolute Gasteiger partial charge is 0.493 e. The second-order valence-electron chi connectivity index (χ2n) is 5.93. The van der Waals surface area contributed by atoms with E-state index in [4.69, 9.17) is 9.47 Å². The molecule has 1 aromatic carbocycles. The van der Waals surface area contributed by atoms with E-state index in [9.17, 15) is 9.59 Å². The summed E-state index contributed by atoms with van der Waals surface area (Å²) in [5, 5.41) is 11.0. The third-order valence-electron chi connectivity index (χ3n) is 4.07. The van der Waals surface area contributed by atoms with Gasteiger partial charge in [0.05, 0.1) is 14.2 Å². The van der Waals surface area contributed by atoms with Crippen LogP contribution in [0, 0.1) is 0 Å². The lowest BCUT2D eigenvalue weighted by Gasteiger charge is -2.10. The normalized spacial score (nSPS) is 10.5. The number of amides is 1. The van der Waals surface area contributed by atoms with E-state index in [2.05, 4.69) is 15.5 Å². The summed E-state index contributed by atoms with van der Waals surface area (Å²) >= 11 is 0. The number of methoxy groups -OCH3 is 2. The van der Waals surface area contributed by atoms with Gasteiger partial charge < -0.3 is 14.8 Å². The summed E-state index contributed by atoms with van der Waals surface area (Å²) in [5.41, 5.74) is 0.639. The van der Waals surface area contributed by atoms with Gasteiger partial charge in [-0.15, -0.1) is 5.10 Å². The van der Waals surface area contributed by atoms with E-state index in [0.29, 0.717) is 30.3 Å².